The molecule has 0 spiro atoms. The molecule has 20 heavy (non-hydrogen) atoms. The molecule has 3 nitrogen and oxygen atoms in total. The van der Waals surface area contributed by atoms with Gasteiger partial charge in [-0.15, -0.1) is 0 Å². The molecule has 0 radical (unpaired) electrons. The van der Waals surface area contributed by atoms with Crippen LogP contribution >= 0.6 is 11.6 Å². The van der Waals surface area contributed by atoms with Crippen molar-refractivity contribution >= 4 is 23.2 Å². The number of carbonyl (C=O) groups excluding carboxylic acids is 1. The number of benzene rings is 2. The van der Waals surface area contributed by atoms with E-state index >= 15 is 0 Å². The molecule has 104 valence electrons. The summed E-state index contributed by atoms with van der Waals surface area (Å²) in [6.45, 7) is 2.26. The maximum Gasteiger partial charge on any atom is 0.227 e. The van der Waals surface area contributed by atoms with E-state index in [9.17, 15) is 4.79 Å². The molecule has 2 aromatic carbocycles. The second-order valence-corrected chi connectivity index (χ2v) is 4.83. The molecule has 0 fully saturated rings. The molecule has 1 amide bonds. The van der Waals surface area contributed by atoms with Crippen LogP contribution in [0.3, 0.4) is 0 Å². The predicted octanol–water partition coefficient (Wildman–Crippen LogP) is 4.06. The molecule has 0 aromatic heterocycles. The Morgan fingerprint density at radius 3 is 2.65 bits per heavy atom. The van der Waals surface area contributed by atoms with Crippen molar-refractivity contribution in [3.05, 3.63) is 59.1 Å². The lowest BCUT2D eigenvalue weighted by Crippen LogP contribution is -2.15. The van der Waals surface area contributed by atoms with E-state index in [4.69, 9.17) is 16.3 Å². The highest BCUT2D eigenvalue weighted by atomic mass is 35.5. The van der Waals surface area contributed by atoms with E-state index in [1.54, 1.807) is 6.07 Å². The SMILES string of the molecule is Cc1ccc(NC(=O)CCOc2ccccc2)cc1Cl. The summed E-state index contributed by atoms with van der Waals surface area (Å²) in [6.07, 6.45) is 0.292. The maximum absolute atomic E-state index is 11.8. The summed E-state index contributed by atoms with van der Waals surface area (Å²) >= 11 is 6.01. The summed E-state index contributed by atoms with van der Waals surface area (Å²) < 4.78 is 5.47. The first-order chi connectivity index (χ1) is 9.65. The topological polar surface area (TPSA) is 38.3 Å². The quantitative estimate of drug-likeness (QED) is 0.901. The normalized spacial score (nSPS) is 10.1. The number of nitrogens with one attached hydrogen (secondary N) is 1. The van der Waals surface area contributed by atoms with Gasteiger partial charge in [-0.2, -0.15) is 0 Å². The van der Waals surface area contributed by atoms with Crippen molar-refractivity contribution in [1.29, 1.82) is 0 Å². The van der Waals surface area contributed by atoms with Gasteiger partial charge < -0.3 is 10.1 Å². The largest absolute Gasteiger partial charge is 0.493 e. The smallest absolute Gasteiger partial charge is 0.227 e. The van der Waals surface area contributed by atoms with Gasteiger partial charge in [0.1, 0.15) is 5.75 Å². The van der Waals surface area contributed by atoms with Crippen LogP contribution in [0.5, 0.6) is 5.75 Å². The minimum atomic E-state index is -0.0964. The fraction of sp³-hybridized carbons (Fsp3) is 0.188. The first-order valence-corrected chi connectivity index (χ1v) is 6.77. The molecule has 0 aliphatic heterocycles. The minimum absolute atomic E-state index is 0.0964. The van der Waals surface area contributed by atoms with Crippen molar-refractivity contribution in [2.75, 3.05) is 11.9 Å². The zero-order valence-corrected chi connectivity index (χ0v) is 12.0. The lowest BCUT2D eigenvalue weighted by atomic mass is 10.2. The molecule has 1 N–H and O–H groups in total. The van der Waals surface area contributed by atoms with E-state index in [1.807, 2.05) is 49.4 Å². The predicted molar refractivity (Wildman–Crippen MR) is 81.4 cm³/mol. The Balaban J connectivity index is 1.79. The summed E-state index contributed by atoms with van der Waals surface area (Å²) in [4.78, 5) is 11.8. The Morgan fingerprint density at radius 1 is 1.20 bits per heavy atom. The molecule has 2 aromatic rings. The van der Waals surface area contributed by atoms with Crippen molar-refractivity contribution in [2.45, 2.75) is 13.3 Å². The Hall–Kier alpha value is -2.00. The highest BCUT2D eigenvalue weighted by molar-refractivity contribution is 6.31. The zero-order valence-electron chi connectivity index (χ0n) is 11.2. The highest BCUT2D eigenvalue weighted by Gasteiger charge is 2.04. The molecule has 0 bridgehead atoms. The fourth-order valence-corrected chi connectivity index (χ4v) is 1.85. The second kappa shape index (κ2) is 6.96. The molecule has 0 aliphatic carbocycles. The number of hydrogen-bond donors (Lipinski definition) is 1. The van der Waals surface area contributed by atoms with Gasteiger partial charge in [-0.05, 0) is 36.8 Å². The monoisotopic (exact) mass is 289 g/mol. The zero-order chi connectivity index (χ0) is 14.4. The molecular formula is C16H16ClNO2. The Bertz CT molecular complexity index is 584. The van der Waals surface area contributed by atoms with Crippen LogP contribution in [0.4, 0.5) is 5.69 Å². The number of rotatable bonds is 5. The molecule has 0 aliphatic rings. The Kier molecular flexibility index (Phi) is 5.02. The maximum atomic E-state index is 11.8. The molecule has 0 saturated heterocycles. The van der Waals surface area contributed by atoms with E-state index in [1.165, 1.54) is 0 Å². The van der Waals surface area contributed by atoms with Crippen LogP contribution in [0.25, 0.3) is 0 Å². The number of carbonyl (C=O) groups is 1. The first kappa shape index (κ1) is 14.4. The molecular weight excluding hydrogens is 274 g/mol. The number of halogens is 1. The van der Waals surface area contributed by atoms with Gasteiger partial charge in [-0.1, -0.05) is 35.9 Å². The summed E-state index contributed by atoms with van der Waals surface area (Å²) in [7, 11) is 0. The van der Waals surface area contributed by atoms with Crippen LogP contribution < -0.4 is 10.1 Å². The lowest BCUT2D eigenvalue weighted by molar-refractivity contribution is -0.116. The molecule has 0 atom stereocenters. The third kappa shape index (κ3) is 4.28. The van der Waals surface area contributed by atoms with E-state index in [2.05, 4.69) is 5.32 Å². The Labute approximate surface area is 123 Å². The van der Waals surface area contributed by atoms with Gasteiger partial charge in [0.25, 0.3) is 0 Å². The van der Waals surface area contributed by atoms with Crippen molar-refractivity contribution in [3.63, 3.8) is 0 Å². The van der Waals surface area contributed by atoms with Crippen molar-refractivity contribution < 1.29 is 9.53 Å². The van der Waals surface area contributed by atoms with Gasteiger partial charge in [0.05, 0.1) is 13.0 Å². The van der Waals surface area contributed by atoms with Crippen LogP contribution in [0.1, 0.15) is 12.0 Å². The first-order valence-electron chi connectivity index (χ1n) is 6.39. The van der Waals surface area contributed by atoms with Crippen molar-refractivity contribution in [3.8, 4) is 5.75 Å². The van der Waals surface area contributed by atoms with Gasteiger partial charge in [-0.3, -0.25) is 4.79 Å². The van der Waals surface area contributed by atoms with E-state index in [0.29, 0.717) is 23.7 Å². The highest BCUT2D eigenvalue weighted by Crippen LogP contribution is 2.20. The summed E-state index contributed by atoms with van der Waals surface area (Å²) in [5.74, 6) is 0.666. The standard InChI is InChI=1S/C16H16ClNO2/c1-12-7-8-13(11-15(12)17)18-16(19)9-10-20-14-5-3-2-4-6-14/h2-8,11H,9-10H2,1H3,(H,18,19). The van der Waals surface area contributed by atoms with Gasteiger partial charge in [0.15, 0.2) is 0 Å². The number of aryl methyl sites for hydroxylation is 1. The van der Waals surface area contributed by atoms with Gasteiger partial charge in [0.2, 0.25) is 5.91 Å². The van der Waals surface area contributed by atoms with Crippen LogP contribution in [0, 0.1) is 6.92 Å². The number of hydrogen-bond acceptors (Lipinski definition) is 2. The van der Waals surface area contributed by atoms with E-state index < -0.39 is 0 Å². The fourth-order valence-electron chi connectivity index (χ4n) is 1.67. The number of para-hydroxylation sites is 1. The molecule has 0 unspecified atom stereocenters. The Morgan fingerprint density at radius 2 is 1.95 bits per heavy atom. The summed E-state index contributed by atoms with van der Waals surface area (Å²) in [5.41, 5.74) is 1.68. The molecule has 2 rings (SSSR count). The second-order valence-electron chi connectivity index (χ2n) is 4.42. The lowest BCUT2D eigenvalue weighted by Gasteiger charge is -2.08. The van der Waals surface area contributed by atoms with Crippen LogP contribution in [0.2, 0.25) is 5.02 Å². The van der Waals surface area contributed by atoms with Crippen molar-refractivity contribution in [1.82, 2.24) is 0 Å². The minimum Gasteiger partial charge on any atom is -0.493 e. The third-order valence-corrected chi connectivity index (χ3v) is 3.20. The molecule has 0 saturated carbocycles. The van der Waals surface area contributed by atoms with Gasteiger partial charge in [0, 0.05) is 10.7 Å². The molecule has 0 heterocycles. The number of amides is 1. The number of ether oxygens (including phenoxy) is 1. The summed E-state index contributed by atoms with van der Waals surface area (Å²) in [5, 5.41) is 3.43. The third-order valence-electron chi connectivity index (χ3n) is 2.80. The average Bonchev–Trinajstić information content (AvgIpc) is 2.44. The average molecular weight is 290 g/mol. The van der Waals surface area contributed by atoms with Crippen LogP contribution in [0.15, 0.2) is 48.5 Å². The molecule has 4 heteroatoms. The van der Waals surface area contributed by atoms with E-state index in [0.717, 1.165) is 11.3 Å². The van der Waals surface area contributed by atoms with Crippen LogP contribution in [-0.2, 0) is 4.79 Å². The number of anilines is 1. The van der Waals surface area contributed by atoms with Crippen LogP contribution in [-0.4, -0.2) is 12.5 Å². The van der Waals surface area contributed by atoms with Gasteiger partial charge in [-0.25, -0.2) is 0 Å². The van der Waals surface area contributed by atoms with Crippen molar-refractivity contribution in [2.24, 2.45) is 0 Å². The van der Waals surface area contributed by atoms with Gasteiger partial charge >= 0.3 is 0 Å². The van der Waals surface area contributed by atoms with E-state index in [-0.39, 0.29) is 5.91 Å². The summed E-state index contributed by atoms with van der Waals surface area (Å²) in [6, 6.07) is 14.9.